The molecule has 15 nitrogen and oxygen atoms in total. The van der Waals surface area contributed by atoms with Crippen LogP contribution in [0.25, 0.3) is 10.8 Å². The van der Waals surface area contributed by atoms with E-state index in [1.807, 2.05) is 109 Å². The molecule has 3 N–H and O–H groups in total. The molecule has 3 aliphatic rings. The molecule has 0 radical (unpaired) electrons. The lowest BCUT2D eigenvalue weighted by Gasteiger charge is -2.59. The SMILES string of the molecule is C=CCOC12Oc3ccc(OC(=O)NCc4ccccc4)cc3C3C(CCCCO)C(CCCCO)C=C(C(=NOCc4ccccc4)CC1N(Cc1cccc4ccccc14)C(=O)Oc1ccc([N+](=O)[O-])cc1)C32. The summed E-state index contributed by atoms with van der Waals surface area (Å²) in [5.41, 5.74) is 4.59. The van der Waals surface area contributed by atoms with Crippen LogP contribution in [0.3, 0.4) is 0 Å². The van der Waals surface area contributed by atoms with Gasteiger partial charge in [-0.25, -0.2) is 9.59 Å². The average molecular weight is 1020 g/mol. The monoisotopic (exact) mass is 1010 g/mol. The minimum absolute atomic E-state index is 0.0103. The summed E-state index contributed by atoms with van der Waals surface area (Å²) >= 11 is 0. The molecule has 1 fully saturated rings. The maximum atomic E-state index is 15.4. The van der Waals surface area contributed by atoms with Crippen LogP contribution in [0, 0.1) is 27.9 Å². The van der Waals surface area contributed by atoms with E-state index in [1.54, 1.807) is 23.1 Å². The number of unbranched alkanes of at least 4 members (excludes halogenated alkanes) is 2. The van der Waals surface area contributed by atoms with Crippen molar-refractivity contribution in [1.82, 2.24) is 10.2 Å². The third-order valence-corrected chi connectivity index (χ3v) is 14.5. The van der Waals surface area contributed by atoms with E-state index in [2.05, 4.69) is 18.0 Å². The molecule has 1 saturated carbocycles. The van der Waals surface area contributed by atoms with Crippen molar-refractivity contribution in [2.75, 3.05) is 19.8 Å². The summed E-state index contributed by atoms with van der Waals surface area (Å²) in [6, 6.07) is 42.7. The number of aliphatic hydroxyl groups is 2. The van der Waals surface area contributed by atoms with E-state index < -0.39 is 40.8 Å². The number of oxime groups is 1. The fourth-order valence-electron chi connectivity index (χ4n) is 11.1. The predicted octanol–water partition coefficient (Wildman–Crippen LogP) is 11.6. The van der Waals surface area contributed by atoms with E-state index in [4.69, 9.17) is 28.9 Å². The summed E-state index contributed by atoms with van der Waals surface area (Å²) in [6.45, 7) is 4.55. The Morgan fingerprint density at radius 1 is 0.827 bits per heavy atom. The molecule has 388 valence electrons. The smallest absolute Gasteiger partial charge is 0.416 e. The first-order chi connectivity index (χ1) is 36.7. The van der Waals surface area contributed by atoms with E-state index in [-0.39, 0.29) is 69.2 Å². The number of amides is 2. The van der Waals surface area contributed by atoms with Gasteiger partial charge >= 0.3 is 12.2 Å². The zero-order valence-electron chi connectivity index (χ0n) is 41.7. The van der Waals surface area contributed by atoms with Gasteiger partial charge in [0.1, 0.15) is 29.9 Å². The minimum Gasteiger partial charge on any atom is -0.459 e. The van der Waals surface area contributed by atoms with Crippen molar-refractivity contribution in [3.05, 3.63) is 202 Å². The molecule has 75 heavy (non-hydrogen) atoms. The average Bonchev–Trinajstić information content (AvgIpc) is 3.46. The zero-order chi connectivity index (χ0) is 52.2. The maximum Gasteiger partial charge on any atom is 0.416 e. The summed E-state index contributed by atoms with van der Waals surface area (Å²) in [4.78, 5) is 48.0. The highest BCUT2D eigenvalue weighted by Crippen LogP contribution is 2.62. The summed E-state index contributed by atoms with van der Waals surface area (Å²) < 4.78 is 26.9. The lowest BCUT2D eigenvalue weighted by atomic mass is 9.55. The Kier molecular flexibility index (Phi) is 17.0. The number of hydrogen-bond donors (Lipinski definition) is 3. The summed E-state index contributed by atoms with van der Waals surface area (Å²) in [5, 5.41) is 41.6. The summed E-state index contributed by atoms with van der Waals surface area (Å²) in [7, 11) is 0. The molecule has 1 heterocycles. The van der Waals surface area contributed by atoms with Gasteiger partial charge in [0.15, 0.2) is 0 Å². The molecule has 0 bridgehead atoms. The molecular formula is C60H62N4O11. The summed E-state index contributed by atoms with van der Waals surface area (Å²) in [6.07, 6.45) is 6.55. The molecule has 0 spiro atoms. The number of nitrogens with one attached hydrogen (secondary N) is 1. The minimum atomic E-state index is -1.67. The van der Waals surface area contributed by atoms with Gasteiger partial charge in [0, 0.05) is 49.8 Å². The molecule has 6 atom stereocenters. The topological polar surface area (TPSA) is 192 Å². The first-order valence-electron chi connectivity index (χ1n) is 25.6. The van der Waals surface area contributed by atoms with Gasteiger partial charge in [-0.15, -0.1) is 6.58 Å². The van der Waals surface area contributed by atoms with Gasteiger partial charge < -0.3 is 39.3 Å². The molecular weight excluding hydrogens is 953 g/mol. The molecule has 2 amide bonds. The molecule has 6 aromatic rings. The number of benzene rings is 6. The number of hydrogen-bond acceptors (Lipinski definition) is 12. The molecule has 2 aliphatic carbocycles. The Hall–Kier alpha value is -7.85. The van der Waals surface area contributed by atoms with Crippen LogP contribution in [0.15, 0.2) is 175 Å². The zero-order valence-corrected chi connectivity index (χ0v) is 41.7. The van der Waals surface area contributed by atoms with Crippen LogP contribution in [-0.4, -0.2) is 69.6 Å². The van der Waals surface area contributed by atoms with E-state index in [9.17, 15) is 25.1 Å². The fourth-order valence-corrected chi connectivity index (χ4v) is 11.1. The molecule has 9 rings (SSSR count). The van der Waals surface area contributed by atoms with Crippen molar-refractivity contribution in [1.29, 1.82) is 0 Å². The highest BCUT2D eigenvalue weighted by molar-refractivity contribution is 6.03. The number of nitro benzene ring substituents is 1. The van der Waals surface area contributed by atoms with Gasteiger partial charge in [-0.05, 0) is 101 Å². The number of rotatable bonds is 22. The number of carbonyl (C=O) groups excluding carboxylic acids is 2. The number of aliphatic hydroxyl groups excluding tert-OH is 2. The number of ether oxygens (including phenoxy) is 4. The molecule has 1 aliphatic heterocycles. The normalized spacial score (nSPS) is 20.9. The van der Waals surface area contributed by atoms with Crippen molar-refractivity contribution in [3.8, 4) is 17.2 Å². The van der Waals surface area contributed by atoms with Gasteiger partial charge in [-0.2, -0.15) is 0 Å². The van der Waals surface area contributed by atoms with E-state index in [0.29, 0.717) is 42.9 Å². The first-order valence-corrected chi connectivity index (χ1v) is 25.6. The van der Waals surface area contributed by atoms with Crippen LogP contribution >= 0.6 is 0 Å². The van der Waals surface area contributed by atoms with Crippen molar-refractivity contribution >= 4 is 34.4 Å². The van der Waals surface area contributed by atoms with E-state index in [1.165, 1.54) is 24.3 Å². The number of nitro groups is 1. The van der Waals surface area contributed by atoms with Crippen LogP contribution in [0.5, 0.6) is 17.2 Å². The van der Waals surface area contributed by atoms with Crippen LogP contribution in [0.2, 0.25) is 0 Å². The van der Waals surface area contributed by atoms with Crippen molar-refractivity contribution in [2.45, 2.75) is 82.4 Å². The number of allylic oxidation sites excluding steroid dienone is 1. The number of nitrogens with zero attached hydrogens (tertiary/aromatic N) is 3. The second-order valence-electron chi connectivity index (χ2n) is 19.1. The fraction of sp³-hybridized carbons (Fsp3) is 0.317. The number of non-ortho nitro benzene ring substituents is 1. The molecule has 0 aromatic heterocycles. The maximum absolute atomic E-state index is 15.4. The molecule has 6 unspecified atom stereocenters. The summed E-state index contributed by atoms with van der Waals surface area (Å²) in [5.74, 6) is -2.14. The van der Waals surface area contributed by atoms with Crippen LogP contribution in [0.4, 0.5) is 15.3 Å². The molecule has 15 heteroatoms. The van der Waals surface area contributed by atoms with E-state index >= 15 is 4.79 Å². The Labute approximate surface area is 436 Å². The van der Waals surface area contributed by atoms with Crippen molar-refractivity contribution < 1.29 is 48.5 Å². The second-order valence-corrected chi connectivity index (χ2v) is 19.1. The molecule has 0 saturated heterocycles. The predicted molar refractivity (Wildman–Crippen MR) is 284 cm³/mol. The quantitative estimate of drug-likeness (QED) is 0.0254. The Morgan fingerprint density at radius 3 is 2.25 bits per heavy atom. The number of fused-ring (bicyclic) bond motifs is 3. The lowest BCUT2D eigenvalue weighted by Crippen LogP contribution is -2.70. The van der Waals surface area contributed by atoms with Crippen molar-refractivity contribution in [3.63, 3.8) is 0 Å². The van der Waals surface area contributed by atoms with Crippen LogP contribution in [0.1, 0.15) is 73.1 Å². The van der Waals surface area contributed by atoms with Gasteiger partial charge in [0.25, 0.3) is 5.69 Å². The van der Waals surface area contributed by atoms with Gasteiger partial charge in [-0.1, -0.05) is 133 Å². The Bertz CT molecular complexity index is 3000. The third kappa shape index (κ3) is 11.9. The van der Waals surface area contributed by atoms with Crippen LogP contribution in [-0.2, 0) is 29.3 Å². The van der Waals surface area contributed by atoms with Gasteiger partial charge in [-0.3, -0.25) is 15.0 Å². The third-order valence-electron chi connectivity index (χ3n) is 14.5. The largest absolute Gasteiger partial charge is 0.459 e. The highest BCUT2D eigenvalue weighted by Gasteiger charge is 2.66. The van der Waals surface area contributed by atoms with Crippen LogP contribution < -0.4 is 19.5 Å². The first kappa shape index (κ1) is 52.0. The van der Waals surface area contributed by atoms with Crippen molar-refractivity contribution in [2.24, 2.45) is 22.9 Å². The highest BCUT2D eigenvalue weighted by atomic mass is 16.7. The second kappa shape index (κ2) is 24.5. The standard InChI is InChI=1S/C60H62N4O11/c1-2-34-71-60-55(63(39-45-23-15-22-43-20-9-10-24-49(43)45)59(68)74-47-28-26-46(27-29-47)64(69)70)37-53(62-72-40-42-18-7-4-8-19-42)51-35-44(21-11-13-32-65)50(25-12-14-33-66)56(57(51)60)52-36-48(30-31-54(52)75-60)73-58(67)61-38-41-16-5-3-6-17-41/h2-10,15-20,22-24,26-31,35-36,44,50,55-57,65-66H,1,11-14,21,25,32-34,37-40H2,(H,61,67). The Balaban J connectivity index is 1.23. The Morgan fingerprint density at radius 2 is 1.52 bits per heavy atom. The van der Waals surface area contributed by atoms with E-state index in [0.717, 1.165) is 51.4 Å². The van der Waals surface area contributed by atoms with Gasteiger partial charge in [0.2, 0.25) is 5.79 Å². The molecule has 6 aromatic carbocycles. The van der Waals surface area contributed by atoms with Gasteiger partial charge in [0.05, 0.1) is 29.7 Å². The number of carbonyl (C=O) groups is 2. The lowest BCUT2D eigenvalue weighted by molar-refractivity contribution is -0.384.